The molecule has 1 aromatic carbocycles. The van der Waals surface area contributed by atoms with Crippen molar-refractivity contribution < 1.29 is 29.0 Å². The van der Waals surface area contributed by atoms with Gasteiger partial charge in [-0.05, 0) is 19.4 Å². The summed E-state index contributed by atoms with van der Waals surface area (Å²) in [4.78, 5) is 15.8. The summed E-state index contributed by atoms with van der Waals surface area (Å²) in [5.41, 5.74) is 1.61. The van der Waals surface area contributed by atoms with Crippen LogP contribution in [0.3, 0.4) is 0 Å². The van der Waals surface area contributed by atoms with Gasteiger partial charge in [-0.2, -0.15) is 0 Å². The average molecular weight is 310 g/mol. The van der Waals surface area contributed by atoms with Crippen molar-refractivity contribution in [1.29, 1.82) is 0 Å². The molecule has 2 aromatic rings. The van der Waals surface area contributed by atoms with Crippen LogP contribution in [-0.2, 0) is 24.2 Å². The minimum atomic E-state index is -0.335. The molecule has 0 N–H and O–H groups in total. The largest absolute Gasteiger partial charge is 0.461 e. The van der Waals surface area contributed by atoms with Crippen molar-refractivity contribution in [2.24, 2.45) is 0 Å². The third kappa shape index (κ3) is 3.51. The molecule has 1 unspecified atom stereocenters. The predicted octanol–water partition coefficient (Wildman–Crippen LogP) is 2.67. The Hall–Kier alpha value is -1.48. The van der Waals surface area contributed by atoms with Crippen molar-refractivity contribution in [3.63, 3.8) is 0 Å². The molecule has 0 spiro atoms. The van der Waals surface area contributed by atoms with Crippen molar-refractivity contribution >= 4 is 5.97 Å². The minimum absolute atomic E-state index is 0. The van der Waals surface area contributed by atoms with Crippen LogP contribution in [-0.4, -0.2) is 22.1 Å². The Morgan fingerprint density at radius 3 is 2.68 bits per heavy atom. The van der Waals surface area contributed by atoms with Gasteiger partial charge in [0.15, 0.2) is 0 Å². The normalized spacial score (nSPS) is 11.5. The van der Waals surface area contributed by atoms with Crippen LogP contribution in [0, 0.1) is 0 Å². The van der Waals surface area contributed by atoms with Crippen LogP contribution >= 0.6 is 0 Å². The molecular formula is C14H16N2O2Zn. The van der Waals surface area contributed by atoms with E-state index in [0.29, 0.717) is 12.3 Å². The van der Waals surface area contributed by atoms with E-state index in [1.165, 1.54) is 6.20 Å². The Balaban J connectivity index is 0.00000180. The van der Waals surface area contributed by atoms with Gasteiger partial charge in [-0.3, -0.25) is 0 Å². The molecule has 0 fully saturated rings. The van der Waals surface area contributed by atoms with E-state index in [2.05, 4.69) is 4.98 Å². The molecule has 4 nitrogen and oxygen atoms in total. The summed E-state index contributed by atoms with van der Waals surface area (Å²) in [6.07, 6.45) is 3.20. The van der Waals surface area contributed by atoms with Crippen molar-refractivity contribution in [3.05, 3.63) is 54.1 Å². The van der Waals surface area contributed by atoms with Crippen molar-refractivity contribution in [2.75, 3.05) is 6.61 Å². The first-order chi connectivity index (χ1) is 8.74. The zero-order valence-corrected chi connectivity index (χ0v) is 14.2. The summed E-state index contributed by atoms with van der Waals surface area (Å²) in [6.45, 7) is 4.18. The molecule has 5 heteroatoms. The molecule has 1 aromatic heterocycles. The Morgan fingerprint density at radius 1 is 1.37 bits per heavy atom. The van der Waals surface area contributed by atoms with Gasteiger partial charge in [0.2, 0.25) is 0 Å². The maximum Gasteiger partial charge on any atom is 0.356 e. The second-order valence-electron chi connectivity index (χ2n) is 3.99. The summed E-state index contributed by atoms with van der Waals surface area (Å²) in [7, 11) is 0. The van der Waals surface area contributed by atoms with E-state index in [1.807, 2.05) is 41.8 Å². The van der Waals surface area contributed by atoms with E-state index < -0.39 is 0 Å². The topological polar surface area (TPSA) is 44.1 Å². The van der Waals surface area contributed by atoms with Gasteiger partial charge in [0.05, 0.1) is 25.2 Å². The van der Waals surface area contributed by atoms with E-state index in [-0.39, 0.29) is 31.5 Å². The van der Waals surface area contributed by atoms with Gasteiger partial charge in [-0.25, -0.2) is 9.78 Å². The molecule has 0 aliphatic heterocycles. The Kier molecular flexibility index (Phi) is 5.90. The Bertz CT molecular complexity index is 525. The number of benzene rings is 1. The summed E-state index contributed by atoms with van der Waals surface area (Å²) < 4.78 is 6.84. The fourth-order valence-corrected chi connectivity index (χ4v) is 1.87. The van der Waals surface area contributed by atoms with Crippen LogP contribution in [0.15, 0.2) is 42.9 Å². The number of rotatable bonds is 4. The predicted molar refractivity (Wildman–Crippen MR) is 68.4 cm³/mol. The number of esters is 1. The number of imidazole rings is 1. The van der Waals surface area contributed by atoms with Gasteiger partial charge in [-0.1, -0.05) is 30.3 Å². The molecule has 1 heterocycles. The van der Waals surface area contributed by atoms with Crippen molar-refractivity contribution in [3.8, 4) is 0 Å². The molecule has 0 bridgehead atoms. The zero-order valence-electron chi connectivity index (χ0n) is 11.2. The molecule has 0 aliphatic carbocycles. The van der Waals surface area contributed by atoms with E-state index in [0.717, 1.165) is 5.56 Å². The van der Waals surface area contributed by atoms with Gasteiger partial charge in [0, 0.05) is 19.5 Å². The number of aromatic nitrogens is 2. The van der Waals surface area contributed by atoms with Crippen LogP contribution in [0.2, 0.25) is 0 Å². The number of carbonyl (C=O) groups excluding carboxylic acids is 1. The summed E-state index contributed by atoms with van der Waals surface area (Å²) in [5, 5.41) is 0. The number of hydrogen-bond donors (Lipinski definition) is 0. The molecule has 19 heavy (non-hydrogen) atoms. The molecule has 0 amide bonds. The third-order valence-electron chi connectivity index (χ3n) is 2.85. The minimum Gasteiger partial charge on any atom is -0.461 e. The van der Waals surface area contributed by atoms with Crippen LogP contribution in [0.25, 0.3) is 0 Å². The van der Waals surface area contributed by atoms with Crippen LogP contribution in [0.4, 0.5) is 0 Å². The number of nitrogens with zero attached hydrogens (tertiary/aromatic N) is 2. The number of ether oxygens (including phenoxy) is 1. The molecule has 2 rings (SSSR count). The smallest absolute Gasteiger partial charge is 0.356 e. The first-order valence-electron chi connectivity index (χ1n) is 5.98. The second-order valence-corrected chi connectivity index (χ2v) is 3.99. The molecule has 1 atom stereocenters. The summed E-state index contributed by atoms with van der Waals surface area (Å²) in [5.74, 6) is -0.335. The van der Waals surface area contributed by atoms with E-state index in [9.17, 15) is 4.79 Å². The first kappa shape index (κ1) is 15.6. The quantitative estimate of drug-likeness (QED) is 0.644. The Labute approximate surface area is 125 Å². The molecule has 0 saturated heterocycles. The van der Waals surface area contributed by atoms with E-state index in [1.54, 1.807) is 13.3 Å². The zero-order chi connectivity index (χ0) is 13.0. The average Bonchev–Trinajstić information content (AvgIpc) is 2.88. The monoisotopic (exact) mass is 308 g/mol. The van der Waals surface area contributed by atoms with E-state index in [4.69, 9.17) is 4.74 Å². The Morgan fingerprint density at radius 2 is 2.05 bits per heavy atom. The fourth-order valence-electron chi connectivity index (χ4n) is 1.87. The SMILES string of the molecule is CCOC(=O)c1cncn1C(C)c1ccccc1.[Zn]. The van der Waals surface area contributed by atoms with E-state index >= 15 is 0 Å². The molecular weight excluding hydrogens is 294 g/mol. The maximum atomic E-state index is 11.8. The summed E-state index contributed by atoms with van der Waals surface area (Å²) >= 11 is 0. The first-order valence-corrected chi connectivity index (χ1v) is 5.98. The van der Waals surface area contributed by atoms with Gasteiger partial charge < -0.3 is 9.30 Å². The standard InChI is InChI=1S/C14H16N2O2.Zn/c1-3-18-14(17)13-9-15-10-16(13)11(2)12-7-5-4-6-8-12;/h4-11H,3H2,1-2H3;. The molecule has 0 saturated carbocycles. The number of hydrogen-bond acceptors (Lipinski definition) is 3. The fraction of sp³-hybridized carbons (Fsp3) is 0.286. The van der Waals surface area contributed by atoms with Crippen LogP contribution in [0.1, 0.15) is 35.9 Å². The van der Waals surface area contributed by atoms with Gasteiger partial charge >= 0.3 is 5.97 Å². The van der Waals surface area contributed by atoms with Gasteiger partial charge in [0.1, 0.15) is 5.69 Å². The van der Waals surface area contributed by atoms with Gasteiger partial charge in [0.25, 0.3) is 0 Å². The summed E-state index contributed by atoms with van der Waals surface area (Å²) in [6, 6.07) is 10.0. The second kappa shape index (κ2) is 7.20. The third-order valence-corrected chi connectivity index (χ3v) is 2.85. The molecule has 0 radical (unpaired) electrons. The van der Waals surface area contributed by atoms with Crippen molar-refractivity contribution in [2.45, 2.75) is 19.9 Å². The number of carbonyl (C=O) groups is 1. The van der Waals surface area contributed by atoms with Crippen LogP contribution in [0.5, 0.6) is 0 Å². The maximum absolute atomic E-state index is 11.8. The van der Waals surface area contributed by atoms with Crippen molar-refractivity contribution in [1.82, 2.24) is 9.55 Å². The molecule has 0 aliphatic rings. The van der Waals surface area contributed by atoms with Gasteiger partial charge in [-0.15, -0.1) is 0 Å². The molecule has 96 valence electrons. The van der Waals surface area contributed by atoms with Crippen LogP contribution < -0.4 is 0 Å².